The van der Waals surface area contributed by atoms with E-state index < -0.39 is 0 Å². The van der Waals surface area contributed by atoms with Crippen molar-refractivity contribution < 1.29 is 29.9 Å². The summed E-state index contributed by atoms with van der Waals surface area (Å²) in [6.45, 7) is 6.50. The number of rotatable bonds is 0. The van der Waals surface area contributed by atoms with Gasteiger partial charge in [0.25, 0.3) is 0 Å². The van der Waals surface area contributed by atoms with Crippen LogP contribution in [0.15, 0.2) is 6.08 Å². The van der Waals surface area contributed by atoms with Crippen LogP contribution in [0.5, 0.6) is 0 Å². The zero-order valence-electron chi connectivity index (χ0n) is 2.60. The smallest absolute Gasteiger partial charge is 0 e. The molecule has 1 heteroatoms. The van der Waals surface area contributed by atoms with E-state index in [1.807, 2.05) is 0 Å². The largest absolute Gasteiger partial charge is 0.518 e. The van der Waals surface area contributed by atoms with Crippen molar-refractivity contribution in [2.45, 2.75) is 6.92 Å². The van der Waals surface area contributed by atoms with Gasteiger partial charge in [-0.1, -0.05) is 6.92 Å². The predicted molar refractivity (Wildman–Crippen MR) is 14.5 cm³/mol. The summed E-state index contributed by atoms with van der Waals surface area (Å²) in [5.74, 6) is 0. The molecule has 4 heavy (non-hydrogen) atoms. The third kappa shape index (κ3) is 14.9. The molecule has 0 fully saturated rings. The van der Waals surface area contributed by atoms with Gasteiger partial charge in [0.1, 0.15) is 0 Å². The third-order valence-electron chi connectivity index (χ3n) is 0. The monoisotopic (exact) mass is 277 g/mol. The van der Waals surface area contributed by atoms with E-state index in [4.69, 9.17) is 6.58 Å². The first-order valence-corrected chi connectivity index (χ1v) is 0.911. The van der Waals surface area contributed by atoms with Gasteiger partial charge in [0.15, 0.2) is 0 Å². The Morgan fingerprint density at radius 2 is 1.75 bits per heavy atom. The van der Waals surface area contributed by atoms with Crippen molar-refractivity contribution >= 4 is 0 Å². The zero-order valence-corrected chi connectivity index (χ0v) is 6.33. The minimum absolute atomic E-state index is 0. The van der Waals surface area contributed by atoms with Crippen molar-refractivity contribution in [3.05, 3.63) is 12.7 Å². The maximum absolute atomic E-state index is 4.72. The number of hydrogen-bond acceptors (Lipinski definition) is 0. The minimum Gasteiger partial charge on any atom is -0.518 e. The molecule has 0 saturated carbocycles. The van der Waals surface area contributed by atoms with E-state index in [2.05, 4.69) is 0 Å². The summed E-state index contributed by atoms with van der Waals surface area (Å²) in [5, 5.41) is 0. The zero-order chi connectivity index (χ0) is 2.71. The normalized spacial score (nSPS) is 3.25. The number of allylic oxidation sites excluding steroid dienone is 1. The molecule has 0 saturated heterocycles. The molecule has 0 spiro atoms. The third-order valence-corrected chi connectivity index (χ3v) is 0. The van der Waals surface area contributed by atoms with Crippen LogP contribution in [0.3, 0.4) is 0 Å². The van der Waals surface area contributed by atoms with Crippen LogP contribution >= 0.6 is 0 Å². The molecule has 1 radical (unpaired) electrons. The predicted octanol–water partition coefficient (Wildman–Crippen LogP) is 0.995. The molecule has 23 valence electrons. The Morgan fingerprint density at radius 3 is 1.75 bits per heavy atom. The Bertz CT molecular complexity index is 10.8. The van der Waals surface area contributed by atoms with Gasteiger partial charge in [-0.2, -0.15) is 0 Å². The maximum atomic E-state index is 4.72. The first-order chi connectivity index (χ1) is 1.41. The molecular formula is C3H5Np-. The first kappa shape index (κ1) is 8.83. The molecule has 0 amide bonds. The van der Waals surface area contributed by atoms with Gasteiger partial charge < -0.3 is 6.58 Å². The van der Waals surface area contributed by atoms with Crippen molar-refractivity contribution in [3.8, 4) is 0 Å². The summed E-state index contributed by atoms with van der Waals surface area (Å²) in [7, 11) is 0. The van der Waals surface area contributed by atoms with Crippen molar-refractivity contribution in [2.24, 2.45) is 0 Å². The summed E-state index contributed by atoms with van der Waals surface area (Å²) >= 11 is 0. The van der Waals surface area contributed by atoms with Crippen LogP contribution in [0.25, 0.3) is 0 Å². The molecule has 0 aliphatic carbocycles. The molecule has 0 aliphatic rings. The van der Waals surface area contributed by atoms with E-state index in [-0.39, 0.29) is 29.9 Å². The van der Waals surface area contributed by atoms with Gasteiger partial charge >= 0.3 is 0 Å². The van der Waals surface area contributed by atoms with Gasteiger partial charge in [-0.15, -0.1) is 0 Å². The molecule has 0 rings (SSSR count). The molecule has 0 nitrogen and oxygen atoms in total. The van der Waals surface area contributed by atoms with Gasteiger partial charge in [0.2, 0.25) is 0 Å². The summed E-state index contributed by atoms with van der Waals surface area (Å²) in [6, 6.07) is 0. The van der Waals surface area contributed by atoms with Crippen molar-refractivity contribution in [1.82, 2.24) is 0 Å². The molecule has 0 aliphatic heterocycles. The summed E-state index contributed by atoms with van der Waals surface area (Å²) in [5.41, 5.74) is 0. The van der Waals surface area contributed by atoms with E-state index in [0.717, 1.165) is 0 Å². The van der Waals surface area contributed by atoms with Crippen molar-refractivity contribution in [2.75, 3.05) is 0 Å². The summed E-state index contributed by atoms with van der Waals surface area (Å²) in [6.07, 6.45) is 1.50. The van der Waals surface area contributed by atoms with E-state index >= 15 is 0 Å². The Labute approximate surface area is 49.6 Å². The van der Waals surface area contributed by atoms with Crippen molar-refractivity contribution in [3.63, 3.8) is 0 Å². The second-order valence-corrected chi connectivity index (χ2v) is 0.333. The molecule has 0 heterocycles. The fourth-order valence-electron chi connectivity index (χ4n) is 0. The second kappa shape index (κ2) is 9.26. The molecule has 0 unspecified atom stereocenters. The van der Waals surface area contributed by atoms with Crippen LogP contribution in [0.2, 0.25) is 0 Å². The fourth-order valence-corrected chi connectivity index (χ4v) is 0. The van der Waals surface area contributed by atoms with Crippen LogP contribution in [0.4, 0.5) is 0 Å². The molecule has 0 aromatic carbocycles. The van der Waals surface area contributed by atoms with Crippen LogP contribution < -0.4 is 0 Å². The minimum atomic E-state index is 0. The summed E-state index contributed by atoms with van der Waals surface area (Å²) < 4.78 is 0. The van der Waals surface area contributed by atoms with Gasteiger partial charge in [-0.05, 0) is 0 Å². The molecule has 0 atom stereocenters. The molecule has 0 aromatic rings. The van der Waals surface area contributed by atoms with Gasteiger partial charge in [0, 0.05) is 29.9 Å². The fraction of sp³-hybridized carbons (Fsp3) is 0.333. The average molecular weight is 278 g/mol. The topological polar surface area (TPSA) is 0 Å². The van der Waals surface area contributed by atoms with Crippen molar-refractivity contribution in [1.29, 1.82) is 0 Å². The van der Waals surface area contributed by atoms with E-state index in [9.17, 15) is 0 Å². The second-order valence-electron chi connectivity index (χ2n) is 0.333. The Morgan fingerprint density at radius 1 is 1.75 bits per heavy atom. The van der Waals surface area contributed by atoms with Gasteiger partial charge in [0.05, 0.1) is 0 Å². The van der Waals surface area contributed by atoms with E-state index in [1.54, 1.807) is 6.92 Å². The first-order valence-electron chi connectivity index (χ1n) is 0.911. The van der Waals surface area contributed by atoms with Crippen LogP contribution in [0, 0.1) is 36.5 Å². The quantitative estimate of drug-likeness (QED) is 0.580. The van der Waals surface area contributed by atoms with E-state index in [0.29, 0.717) is 0 Å². The van der Waals surface area contributed by atoms with Gasteiger partial charge in [-0.25, -0.2) is 0 Å². The van der Waals surface area contributed by atoms with E-state index in [1.165, 1.54) is 6.08 Å². The molecule has 0 aromatic heterocycles. The Hall–Kier alpha value is 0.753. The molecule has 0 N–H and O–H groups in total. The molecular weight excluding hydrogens is 273 g/mol. The van der Waals surface area contributed by atoms with Crippen LogP contribution in [-0.2, 0) is 0 Å². The maximum Gasteiger partial charge on any atom is 0 e. The SMILES string of the molecule is [CH-]=CC.[Np]. The Balaban J connectivity index is 0. The Kier molecular flexibility index (Phi) is 20.4. The van der Waals surface area contributed by atoms with Crippen LogP contribution in [-0.4, -0.2) is 0 Å². The number of hydrogen-bond donors (Lipinski definition) is 0. The van der Waals surface area contributed by atoms with Gasteiger partial charge in [-0.3, -0.25) is 6.08 Å². The summed E-state index contributed by atoms with van der Waals surface area (Å²) in [4.78, 5) is 0. The molecule has 0 bridgehead atoms. The standard InChI is InChI=1S/C3H5.Np/c1-3-2;/h1,3H,2H3;/q-1;. The average Bonchev–Trinajstić information content (AvgIpc) is 0.918. The van der Waals surface area contributed by atoms with Crippen LogP contribution in [0.1, 0.15) is 6.92 Å².